The Morgan fingerprint density at radius 1 is 1.26 bits per heavy atom. The van der Waals surface area contributed by atoms with E-state index in [1.165, 1.54) is 11.3 Å². The van der Waals surface area contributed by atoms with Crippen LogP contribution < -0.4 is 5.32 Å². The summed E-state index contributed by atoms with van der Waals surface area (Å²) in [4.78, 5) is 32.2. The highest BCUT2D eigenvalue weighted by Crippen LogP contribution is 2.27. The molecule has 2 amide bonds. The molecule has 9 heteroatoms. The van der Waals surface area contributed by atoms with Crippen molar-refractivity contribution in [1.29, 1.82) is 0 Å². The van der Waals surface area contributed by atoms with Crippen LogP contribution >= 0.6 is 11.3 Å². The summed E-state index contributed by atoms with van der Waals surface area (Å²) in [6.07, 6.45) is 2.97. The lowest BCUT2D eigenvalue weighted by Gasteiger charge is -2.34. The molecule has 1 saturated heterocycles. The third kappa shape index (κ3) is 4.51. The number of aryl methyl sites for hydroxylation is 3. The number of nitrogens with zero attached hydrogens (tertiary/aromatic N) is 4. The Hall–Kier alpha value is -3.07. The Bertz CT molecular complexity index is 1110. The number of likely N-dealkylation sites (tertiary alicyclic amines) is 1. The molecule has 1 N–H and O–H groups in total. The van der Waals surface area contributed by atoms with Crippen LogP contribution in [0.15, 0.2) is 28.7 Å². The normalized spacial score (nSPS) is 16.4. The van der Waals surface area contributed by atoms with Gasteiger partial charge >= 0.3 is 0 Å². The monoisotopic (exact) mass is 439 g/mol. The second-order valence-electron chi connectivity index (χ2n) is 7.58. The zero-order valence-corrected chi connectivity index (χ0v) is 18.7. The summed E-state index contributed by atoms with van der Waals surface area (Å²) in [6, 6.07) is 6.96. The van der Waals surface area contributed by atoms with Gasteiger partial charge in [-0.2, -0.15) is 0 Å². The molecule has 0 spiro atoms. The molecular weight excluding hydrogens is 414 g/mol. The van der Waals surface area contributed by atoms with Crippen LogP contribution in [-0.4, -0.2) is 44.5 Å². The number of nitrogens with one attached hydrogen (secondary N) is 1. The average molecular weight is 440 g/mol. The molecule has 3 heterocycles. The summed E-state index contributed by atoms with van der Waals surface area (Å²) in [5.74, 6) is 0.280. The van der Waals surface area contributed by atoms with Crippen molar-refractivity contribution in [2.75, 3.05) is 11.9 Å². The molecule has 1 aliphatic heterocycles. The van der Waals surface area contributed by atoms with E-state index in [2.05, 4.69) is 20.5 Å². The van der Waals surface area contributed by atoms with E-state index < -0.39 is 6.04 Å². The molecular formula is C22H25N5O3S. The molecule has 1 fully saturated rings. The number of piperidine rings is 1. The van der Waals surface area contributed by atoms with Gasteiger partial charge in [-0.25, -0.2) is 4.98 Å². The molecule has 3 aromatic rings. The molecule has 1 aromatic carbocycles. The standard InChI is InChI=1S/C22H25N5O3S/c1-4-18-23-13(2)19(30-18)22(29)27-11-6-5-10-17(27)20(28)24-16-9-7-8-15(12-16)21-26-25-14(3)31-21/h7-9,12,17H,4-6,10-11H2,1-3H3,(H,24,28)/t17-/m1/s1. The minimum absolute atomic E-state index is 0.202. The molecule has 0 radical (unpaired) electrons. The van der Waals surface area contributed by atoms with Gasteiger partial charge < -0.3 is 14.6 Å². The predicted molar refractivity (Wildman–Crippen MR) is 118 cm³/mol. The van der Waals surface area contributed by atoms with Gasteiger partial charge in [-0.15, -0.1) is 10.2 Å². The third-order valence-electron chi connectivity index (χ3n) is 5.31. The fraction of sp³-hybridized carbons (Fsp3) is 0.409. The highest BCUT2D eigenvalue weighted by Gasteiger charge is 2.35. The van der Waals surface area contributed by atoms with E-state index in [-0.39, 0.29) is 17.6 Å². The number of aromatic nitrogens is 3. The number of benzene rings is 1. The summed E-state index contributed by atoms with van der Waals surface area (Å²) in [5.41, 5.74) is 2.12. The lowest BCUT2D eigenvalue weighted by atomic mass is 10.0. The number of rotatable bonds is 5. The van der Waals surface area contributed by atoms with Gasteiger partial charge in [-0.05, 0) is 45.2 Å². The van der Waals surface area contributed by atoms with Gasteiger partial charge in [-0.3, -0.25) is 9.59 Å². The van der Waals surface area contributed by atoms with Crippen molar-refractivity contribution in [2.45, 2.75) is 52.5 Å². The van der Waals surface area contributed by atoms with E-state index in [1.807, 2.05) is 38.1 Å². The van der Waals surface area contributed by atoms with Crippen LogP contribution in [0.3, 0.4) is 0 Å². The van der Waals surface area contributed by atoms with Crippen molar-refractivity contribution in [1.82, 2.24) is 20.1 Å². The zero-order valence-electron chi connectivity index (χ0n) is 17.8. The van der Waals surface area contributed by atoms with Gasteiger partial charge in [0, 0.05) is 24.2 Å². The summed E-state index contributed by atoms with van der Waals surface area (Å²) in [5, 5.41) is 12.9. The maximum Gasteiger partial charge on any atom is 0.292 e. The molecule has 2 aromatic heterocycles. The number of oxazole rings is 1. The second kappa shape index (κ2) is 8.97. The van der Waals surface area contributed by atoms with Crippen molar-refractivity contribution in [2.24, 2.45) is 0 Å². The Morgan fingerprint density at radius 2 is 2.10 bits per heavy atom. The Balaban J connectivity index is 1.52. The molecule has 0 aliphatic carbocycles. The lowest BCUT2D eigenvalue weighted by molar-refractivity contribution is -0.121. The van der Waals surface area contributed by atoms with Gasteiger partial charge in [0.15, 0.2) is 5.89 Å². The first-order chi connectivity index (χ1) is 15.0. The number of anilines is 1. The minimum atomic E-state index is -0.553. The topological polar surface area (TPSA) is 101 Å². The first kappa shape index (κ1) is 21.2. The lowest BCUT2D eigenvalue weighted by Crippen LogP contribution is -2.50. The number of hydrogen-bond donors (Lipinski definition) is 1. The average Bonchev–Trinajstić information content (AvgIpc) is 3.38. The fourth-order valence-electron chi connectivity index (χ4n) is 3.75. The maximum absolute atomic E-state index is 13.2. The van der Waals surface area contributed by atoms with E-state index in [4.69, 9.17) is 4.42 Å². The summed E-state index contributed by atoms with van der Waals surface area (Å²) >= 11 is 1.50. The van der Waals surface area contributed by atoms with Gasteiger partial charge in [0.05, 0.1) is 5.69 Å². The number of carbonyl (C=O) groups is 2. The maximum atomic E-state index is 13.2. The summed E-state index contributed by atoms with van der Waals surface area (Å²) < 4.78 is 5.65. The molecule has 31 heavy (non-hydrogen) atoms. The molecule has 162 valence electrons. The first-order valence-electron chi connectivity index (χ1n) is 10.4. The van der Waals surface area contributed by atoms with E-state index in [1.54, 1.807) is 11.8 Å². The third-order valence-corrected chi connectivity index (χ3v) is 6.19. The summed E-state index contributed by atoms with van der Waals surface area (Å²) in [6.45, 7) is 6.10. The van der Waals surface area contributed by atoms with Crippen molar-refractivity contribution < 1.29 is 14.0 Å². The fourth-order valence-corrected chi connectivity index (χ4v) is 4.44. The zero-order chi connectivity index (χ0) is 22.0. The smallest absolute Gasteiger partial charge is 0.292 e. The van der Waals surface area contributed by atoms with Crippen LogP contribution in [0, 0.1) is 13.8 Å². The van der Waals surface area contributed by atoms with Crippen LogP contribution in [0.5, 0.6) is 0 Å². The highest BCUT2D eigenvalue weighted by molar-refractivity contribution is 7.14. The van der Waals surface area contributed by atoms with E-state index in [9.17, 15) is 9.59 Å². The van der Waals surface area contributed by atoms with Crippen LogP contribution in [-0.2, 0) is 11.2 Å². The van der Waals surface area contributed by atoms with Crippen molar-refractivity contribution in [3.63, 3.8) is 0 Å². The molecule has 1 aliphatic rings. The second-order valence-corrected chi connectivity index (χ2v) is 8.76. The van der Waals surface area contributed by atoms with Gasteiger partial charge in [0.25, 0.3) is 5.91 Å². The Kier molecular flexibility index (Phi) is 6.13. The van der Waals surface area contributed by atoms with Gasteiger partial charge in [0.2, 0.25) is 11.7 Å². The van der Waals surface area contributed by atoms with Crippen molar-refractivity contribution in [3.05, 3.63) is 46.6 Å². The van der Waals surface area contributed by atoms with Crippen LogP contribution in [0.4, 0.5) is 5.69 Å². The molecule has 0 unspecified atom stereocenters. The van der Waals surface area contributed by atoms with Gasteiger partial charge in [0.1, 0.15) is 16.1 Å². The van der Waals surface area contributed by atoms with E-state index >= 15 is 0 Å². The van der Waals surface area contributed by atoms with Crippen LogP contribution in [0.2, 0.25) is 0 Å². The first-order valence-corrected chi connectivity index (χ1v) is 11.3. The molecule has 1 atom stereocenters. The van der Waals surface area contributed by atoms with Crippen LogP contribution in [0.25, 0.3) is 10.6 Å². The molecule has 0 saturated carbocycles. The summed E-state index contributed by atoms with van der Waals surface area (Å²) in [7, 11) is 0. The number of amides is 2. The predicted octanol–water partition coefficient (Wildman–Crippen LogP) is 4.01. The van der Waals surface area contributed by atoms with E-state index in [0.717, 1.165) is 28.4 Å². The Labute approximate surface area is 184 Å². The van der Waals surface area contributed by atoms with Crippen molar-refractivity contribution in [3.8, 4) is 10.6 Å². The highest BCUT2D eigenvalue weighted by atomic mass is 32.1. The van der Waals surface area contributed by atoms with E-state index in [0.29, 0.717) is 36.7 Å². The minimum Gasteiger partial charge on any atom is -0.435 e. The van der Waals surface area contributed by atoms with Crippen molar-refractivity contribution >= 4 is 28.8 Å². The Morgan fingerprint density at radius 3 is 2.81 bits per heavy atom. The number of carbonyl (C=O) groups excluding carboxylic acids is 2. The molecule has 0 bridgehead atoms. The quantitative estimate of drug-likeness (QED) is 0.645. The van der Waals surface area contributed by atoms with Crippen LogP contribution in [0.1, 0.15) is 53.3 Å². The van der Waals surface area contributed by atoms with Gasteiger partial charge in [-0.1, -0.05) is 30.4 Å². The number of hydrogen-bond acceptors (Lipinski definition) is 7. The molecule has 4 rings (SSSR count). The SMILES string of the molecule is CCc1nc(C)c(C(=O)N2CCCC[C@@H]2C(=O)Nc2cccc(-c3nnc(C)s3)c2)o1. The largest absolute Gasteiger partial charge is 0.435 e. The molecule has 8 nitrogen and oxygen atoms in total.